The van der Waals surface area contributed by atoms with Crippen molar-refractivity contribution in [2.24, 2.45) is 0 Å². The second-order valence-electron chi connectivity index (χ2n) is 7.03. The molecule has 0 aliphatic carbocycles. The van der Waals surface area contributed by atoms with Crippen molar-refractivity contribution in [2.45, 2.75) is 13.0 Å². The number of ether oxygens (including phenoxy) is 3. The molecule has 2 heterocycles. The third-order valence-electron chi connectivity index (χ3n) is 4.77. The van der Waals surface area contributed by atoms with Crippen LogP contribution in [0, 0.1) is 0 Å². The number of para-hydroxylation sites is 1. The minimum Gasteiger partial charge on any atom is -0.454 e. The van der Waals surface area contributed by atoms with Gasteiger partial charge in [0.1, 0.15) is 0 Å². The molecule has 1 fully saturated rings. The number of nitrogens with one attached hydrogen (secondary N) is 2. The highest BCUT2D eigenvalue weighted by Crippen LogP contribution is 2.34. The van der Waals surface area contributed by atoms with Crippen molar-refractivity contribution >= 4 is 23.2 Å². The number of hydrogen-bond donors (Lipinski definition) is 2. The van der Waals surface area contributed by atoms with Gasteiger partial charge in [-0.25, -0.2) is 0 Å². The fraction of sp³-hybridized carbons (Fsp3) is 0.333. The molecule has 2 N–H and O–H groups in total. The first-order valence-electron chi connectivity index (χ1n) is 9.52. The number of nitrogens with zero attached hydrogens (tertiary/aromatic N) is 1. The van der Waals surface area contributed by atoms with Gasteiger partial charge in [-0.05, 0) is 31.2 Å². The van der Waals surface area contributed by atoms with Gasteiger partial charge in [0.2, 0.25) is 12.7 Å². The molecule has 2 aliphatic heterocycles. The third-order valence-corrected chi connectivity index (χ3v) is 4.77. The van der Waals surface area contributed by atoms with E-state index in [0.717, 1.165) is 0 Å². The van der Waals surface area contributed by atoms with Gasteiger partial charge in [-0.3, -0.25) is 14.5 Å². The Morgan fingerprint density at radius 1 is 1.10 bits per heavy atom. The summed E-state index contributed by atoms with van der Waals surface area (Å²) < 4.78 is 16.1. The Morgan fingerprint density at radius 2 is 1.93 bits per heavy atom. The monoisotopic (exact) mass is 397 g/mol. The Hall–Kier alpha value is -3.10. The SMILES string of the molecule is CC1CN(CC(=O)Nc2ccccc2C(=O)Nc2ccc3c(c2)OCO3)CCO1. The summed E-state index contributed by atoms with van der Waals surface area (Å²) in [6.07, 6.45) is 0.108. The van der Waals surface area contributed by atoms with Gasteiger partial charge in [-0.1, -0.05) is 12.1 Å². The van der Waals surface area contributed by atoms with Gasteiger partial charge in [-0.15, -0.1) is 0 Å². The van der Waals surface area contributed by atoms with Gasteiger partial charge in [-0.2, -0.15) is 0 Å². The lowest BCUT2D eigenvalue weighted by molar-refractivity contribution is -0.119. The van der Waals surface area contributed by atoms with Crippen LogP contribution in [0.1, 0.15) is 17.3 Å². The van der Waals surface area contributed by atoms with E-state index in [0.29, 0.717) is 48.1 Å². The maximum atomic E-state index is 12.8. The molecule has 29 heavy (non-hydrogen) atoms. The molecule has 1 unspecified atom stereocenters. The minimum atomic E-state index is -0.320. The summed E-state index contributed by atoms with van der Waals surface area (Å²) in [6.45, 7) is 4.45. The molecule has 2 aromatic carbocycles. The van der Waals surface area contributed by atoms with Crippen LogP contribution in [0.15, 0.2) is 42.5 Å². The number of fused-ring (bicyclic) bond motifs is 1. The zero-order chi connectivity index (χ0) is 20.2. The summed E-state index contributed by atoms with van der Waals surface area (Å²) in [5.74, 6) is 0.749. The first-order valence-corrected chi connectivity index (χ1v) is 9.52. The van der Waals surface area contributed by atoms with Gasteiger partial charge in [0, 0.05) is 24.8 Å². The minimum absolute atomic E-state index is 0.108. The molecule has 0 aromatic heterocycles. The van der Waals surface area contributed by atoms with Crippen LogP contribution >= 0.6 is 0 Å². The molecule has 152 valence electrons. The zero-order valence-electron chi connectivity index (χ0n) is 16.1. The summed E-state index contributed by atoms with van der Waals surface area (Å²) in [6, 6.07) is 12.1. The maximum absolute atomic E-state index is 12.8. The number of rotatable bonds is 5. The van der Waals surface area contributed by atoms with Crippen molar-refractivity contribution in [1.29, 1.82) is 0 Å². The normalized spacial score (nSPS) is 18.3. The number of carbonyl (C=O) groups is 2. The lowest BCUT2D eigenvalue weighted by atomic mass is 10.1. The molecule has 1 saturated heterocycles. The fourth-order valence-electron chi connectivity index (χ4n) is 3.39. The first-order chi connectivity index (χ1) is 14.1. The lowest BCUT2D eigenvalue weighted by Gasteiger charge is -2.30. The summed E-state index contributed by atoms with van der Waals surface area (Å²) in [7, 11) is 0. The molecule has 0 saturated carbocycles. The van der Waals surface area contributed by atoms with Gasteiger partial charge < -0.3 is 24.8 Å². The molecular formula is C21H23N3O5. The smallest absolute Gasteiger partial charge is 0.257 e. The van der Waals surface area contributed by atoms with Crippen molar-refractivity contribution in [3.63, 3.8) is 0 Å². The standard InChI is InChI=1S/C21H23N3O5/c1-14-11-24(8-9-27-14)12-20(25)23-17-5-3-2-4-16(17)21(26)22-15-6-7-18-19(10-15)29-13-28-18/h2-7,10,14H,8-9,11-13H2,1H3,(H,22,26)(H,23,25). The molecule has 8 nitrogen and oxygen atoms in total. The summed E-state index contributed by atoms with van der Waals surface area (Å²) in [5, 5.41) is 5.69. The van der Waals surface area contributed by atoms with Crippen LogP contribution in [-0.4, -0.2) is 55.9 Å². The molecule has 4 rings (SSSR count). The highest BCUT2D eigenvalue weighted by molar-refractivity contribution is 6.10. The van der Waals surface area contributed by atoms with Gasteiger partial charge in [0.25, 0.3) is 5.91 Å². The topological polar surface area (TPSA) is 89.1 Å². The predicted octanol–water partition coefficient (Wildman–Crippen LogP) is 2.33. The van der Waals surface area contributed by atoms with Gasteiger partial charge in [0.15, 0.2) is 11.5 Å². The molecule has 0 bridgehead atoms. The Bertz CT molecular complexity index is 917. The van der Waals surface area contributed by atoms with E-state index in [-0.39, 0.29) is 31.3 Å². The van der Waals surface area contributed by atoms with Crippen LogP contribution in [-0.2, 0) is 9.53 Å². The Labute approximate surface area is 168 Å². The van der Waals surface area contributed by atoms with Crippen molar-refractivity contribution < 1.29 is 23.8 Å². The lowest BCUT2D eigenvalue weighted by Crippen LogP contribution is -2.44. The van der Waals surface area contributed by atoms with E-state index in [4.69, 9.17) is 14.2 Å². The van der Waals surface area contributed by atoms with Crippen LogP contribution in [0.4, 0.5) is 11.4 Å². The van der Waals surface area contributed by atoms with E-state index in [9.17, 15) is 9.59 Å². The van der Waals surface area contributed by atoms with E-state index in [2.05, 4.69) is 10.6 Å². The first kappa shape index (κ1) is 19.2. The van der Waals surface area contributed by atoms with Crippen molar-refractivity contribution in [2.75, 3.05) is 43.7 Å². The quantitative estimate of drug-likeness (QED) is 0.805. The average molecular weight is 397 g/mol. The van der Waals surface area contributed by atoms with E-state index in [1.54, 1.807) is 42.5 Å². The number of hydrogen-bond acceptors (Lipinski definition) is 6. The van der Waals surface area contributed by atoms with E-state index < -0.39 is 0 Å². The van der Waals surface area contributed by atoms with Crippen LogP contribution in [0.2, 0.25) is 0 Å². The second kappa shape index (κ2) is 8.50. The summed E-state index contributed by atoms with van der Waals surface area (Å²) >= 11 is 0. The summed E-state index contributed by atoms with van der Waals surface area (Å²) in [4.78, 5) is 27.3. The van der Waals surface area contributed by atoms with Crippen molar-refractivity contribution in [3.05, 3.63) is 48.0 Å². The Balaban J connectivity index is 1.42. The van der Waals surface area contributed by atoms with E-state index >= 15 is 0 Å². The second-order valence-corrected chi connectivity index (χ2v) is 7.03. The molecule has 2 aromatic rings. The summed E-state index contributed by atoms with van der Waals surface area (Å²) in [5.41, 5.74) is 1.44. The average Bonchev–Trinajstić information content (AvgIpc) is 3.16. The maximum Gasteiger partial charge on any atom is 0.257 e. The number of benzene rings is 2. The zero-order valence-corrected chi connectivity index (χ0v) is 16.1. The number of anilines is 2. The molecular weight excluding hydrogens is 374 g/mol. The highest BCUT2D eigenvalue weighted by atomic mass is 16.7. The van der Waals surface area contributed by atoms with Crippen molar-refractivity contribution in [1.82, 2.24) is 4.90 Å². The van der Waals surface area contributed by atoms with E-state index in [1.165, 1.54) is 0 Å². The molecule has 8 heteroatoms. The van der Waals surface area contributed by atoms with Crippen LogP contribution < -0.4 is 20.1 Å². The van der Waals surface area contributed by atoms with Gasteiger partial charge in [0.05, 0.1) is 30.5 Å². The van der Waals surface area contributed by atoms with Crippen LogP contribution in [0.5, 0.6) is 11.5 Å². The molecule has 2 amide bonds. The largest absolute Gasteiger partial charge is 0.454 e. The van der Waals surface area contributed by atoms with Crippen LogP contribution in [0.3, 0.4) is 0 Å². The number of amides is 2. The molecule has 0 radical (unpaired) electrons. The van der Waals surface area contributed by atoms with Gasteiger partial charge >= 0.3 is 0 Å². The number of carbonyl (C=O) groups excluding carboxylic acids is 2. The number of morpholine rings is 1. The fourth-order valence-corrected chi connectivity index (χ4v) is 3.39. The molecule has 1 atom stereocenters. The highest BCUT2D eigenvalue weighted by Gasteiger charge is 2.20. The Kier molecular flexibility index (Phi) is 5.64. The third kappa shape index (κ3) is 4.67. The Morgan fingerprint density at radius 3 is 2.79 bits per heavy atom. The predicted molar refractivity (Wildman–Crippen MR) is 107 cm³/mol. The van der Waals surface area contributed by atoms with E-state index in [1.807, 2.05) is 11.8 Å². The molecule has 0 spiro atoms. The van der Waals surface area contributed by atoms with Crippen molar-refractivity contribution in [3.8, 4) is 11.5 Å². The molecule has 2 aliphatic rings. The van der Waals surface area contributed by atoms with Crippen LogP contribution in [0.25, 0.3) is 0 Å².